The maximum atomic E-state index is 12.8. The molecule has 1 saturated heterocycles. The number of aryl methyl sites for hydroxylation is 1. The van der Waals surface area contributed by atoms with Crippen molar-refractivity contribution >= 4 is 5.91 Å². The smallest absolute Gasteiger partial charge is 0.225 e. The first kappa shape index (κ1) is 19.0. The van der Waals surface area contributed by atoms with Crippen molar-refractivity contribution in [2.45, 2.75) is 12.5 Å². The number of benzene rings is 1. The molecule has 27 heavy (non-hydrogen) atoms. The predicted octanol–water partition coefficient (Wildman–Crippen LogP) is 1.07. The molecule has 0 radical (unpaired) electrons. The van der Waals surface area contributed by atoms with Crippen LogP contribution in [0.3, 0.4) is 0 Å². The fourth-order valence-corrected chi connectivity index (χ4v) is 3.49. The fraction of sp³-hybridized carbons (Fsp3) is 0.474. The van der Waals surface area contributed by atoms with E-state index >= 15 is 0 Å². The van der Waals surface area contributed by atoms with Crippen LogP contribution in [0.25, 0.3) is 0 Å². The van der Waals surface area contributed by atoms with Crippen LogP contribution in [0.5, 0.6) is 17.2 Å². The zero-order chi connectivity index (χ0) is 19.4. The number of amides is 1. The standard InChI is InChI=1S/C19H26N4O4/c1-23-11-13(8-22-23)14-9-20-10-15(14)19(24)21-7-12-5-16(25-2)18(27-4)17(6-12)26-3/h5-6,8,11,14-15,20H,7,9-10H2,1-4H3,(H,21,24)/t14-,15+/m1/s1. The van der Waals surface area contributed by atoms with Crippen molar-refractivity contribution < 1.29 is 19.0 Å². The lowest BCUT2D eigenvalue weighted by Gasteiger charge is -2.18. The Labute approximate surface area is 158 Å². The molecule has 2 N–H and O–H groups in total. The monoisotopic (exact) mass is 374 g/mol. The summed E-state index contributed by atoms with van der Waals surface area (Å²) >= 11 is 0. The maximum Gasteiger partial charge on any atom is 0.225 e. The molecule has 1 aliphatic rings. The molecule has 1 aromatic heterocycles. The number of ether oxygens (including phenoxy) is 3. The first-order valence-electron chi connectivity index (χ1n) is 8.83. The second kappa shape index (κ2) is 8.30. The Bertz CT molecular complexity index is 780. The Morgan fingerprint density at radius 1 is 1.22 bits per heavy atom. The maximum absolute atomic E-state index is 12.8. The molecular formula is C19H26N4O4. The van der Waals surface area contributed by atoms with Gasteiger partial charge < -0.3 is 24.8 Å². The van der Waals surface area contributed by atoms with Crippen molar-refractivity contribution in [2.75, 3.05) is 34.4 Å². The van der Waals surface area contributed by atoms with Gasteiger partial charge in [0.1, 0.15) is 0 Å². The number of carbonyl (C=O) groups excluding carboxylic acids is 1. The van der Waals surface area contributed by atoms with Gasteiger partial charge in [0.25, 0.3) is 0 Å². The summed E-state index contributed by atoms with van der Waals surface area (Å²) in [6.07, 6.45) is 3.80. The molecule has 0 spiro atoms. The normalized spacial score (nSPS) is 19.0. The molecule has 2 atom stereocenters. The Morgan fingerprint density at radius 3 is 2.48 bits per heavy atom. The number of hydrogen-bond acceptors (Lipinski definition) is 6. The van der Waals surface area contributed by atoms with Gasteiger partial charge in [0.15, 0.2) is 11.5 Å². The Kier molecular flexibility index (Phi) is 5.85. The molecule has 1 aromatic carbocycles. The van der Waals surface area contributed by atoms with E-state index in [1.165, 1.54) is 0 Å². The Balaban J connectivity index is 1.70. The molecule has 0 unspecified atom stereocenters. The van der Waals surface area contributed by atoms with Crippen LogP contribution in [-0.2, 0) is 18.4 Å². The van der Waals surface area contributed by atoms with E-state index in [1.807, 2.05) is 31.6 Å². The second-order valence-electron chi connectivity index (χ2n) is 6.57. The third kappa shape index (κ3) is 4.00. The lowest BCUT2D eigenvalue weighted by molar-refractivity contribution is -0.125. The first-order chi connectivity index (χ1) is 13.1. The lowest BCUT2D eigenvalue weighted by atomic mass is 9.90. The number of hydrogen-bond donors (Lipinski definition) is 2. The summed E-state index contributed by atoms with van der Waals surface area (Å²) < 4.78 is 17.8. The molecule has 1 fully saturated rings. The molecule has 0 aliphatic carbocycles. The number of carbonyl (C=O) groups is 1. The highest BCUT2D eigenvalue weighted by Crippen LogP contribution is 2.38. The van der Waals surface area contributed by atoms with Gasteiger partial charge in [-0.05, 0) is 23.3 Å². The van der Waals surface area contributed by atoms with Crippen molar-refractivity contribution in [1.82, 2.24) is 20.4 Å². The molecule has 146 valence electrons. The molecule has 0 bridgehead atoms. The summed E-state index contributed by atoms with van der Waals surface area (Å²) in [5.74, 6) is 1.68. The van der Waals surface area contributed by atoms with Crippen LogP contribution < -0.4 is 24.8 Å². The van der Waals surface area contributed by atoms with Gasteiger partial charge in [0.05, 0.1) is 33.4 Å². The van der Waals surface area contributed by atoms with E-state index in [9.17, 15) is 4.79 Å². The van der Waals surface area contributed by atoms with Gasteiger partial charge in [0.2, 0.25) is 11.7 Å². The van der Waals surface area contributed by atoms with E-state index < -0.39 is 0 Å². The van der Waals surface area contributed by atoms with Crippen molar-refractivity contribution in [3.8, 4) is 17.2 Å². The average Bonchev–Trinajstić information content (AvgIpc) is 3.33. The topological polar surface area (TPSA) is 86.6 Å². The van der Waals surface area contributed by atoms with Gasteiger partial charge in [-0.15, -0.1) is 0 Å². The summed E-state index contributed by atoms with van der Waals surface area (Å²) in [6.45, 7) is 1.81. The highest BCUT2D eigenvalue weighted by Gasteiger charge is 2.34. The van der Waals surface area contributed by atoms with E-state index in [-0.39, 0.29) is 17.7 Å². The Morgan fingerprint density at radius 2 is 1.93 bits per heavy atom. The van der Waals surface area contributed by atoms with Crippen LogP contribution in [0.15, 0.2) is 24.5 Å². The van der Waals surface area contributed by atoms with Gasteiger partial charge in [0, 0.05) is 38.8 Å². The summed E-state index contributed by atoms with van der Waals surface area (Å²) in [4.78, 5) is 12.8. The van der Waals surface area contributed by atoms with E-state index in [1.54, 1.807) is 26.0 Å². The molecule has 2 aromatic rings. The number of nitrogens with zero attached hydrogens (tertiary/aromatic N) is 2. The lowest BCUT2D eigenvalue weighted by Crippen LogP contribution is -2.34. The van der Waals surface area contributed by atoms with E-state index in [0.29, 0.717) is 30.3 Å². The van der Waals surface area contributed by atoms with Gasteiger partial charge in [-0.2, -0.15) is 5.10 Å². The van der Waals surface area contributed by atoms with Crippen molar-refractivity contribution in [3.63, 3.8) is 0 Å². The van der Waals surface area contributed by atoms with Crippen LogP contribution in [0.2, 0.25) is 0 Å². The average molecular weight is 374 g/mol. The Hall–Kier alpha value is -2.74. The zero-order valence-electron chi connectivity index (χ0n) is 16.1. The molecule has 2 heterocycles. The van der Waals surface area contributed by atoms with Crippen molar-refractivity contribution in [2.24, 2.45) is 13.0 Å². The van der Waals surface area contributed by atoms with Gasteiger partial charge >= 0.3 is 0 Å². The highest BCUT2D eigenvalue weighted by molar-refractivity contribution is 5.80. The van der Waals surface area contributed by atoms with Gasteiger partial charge in [-0.1, -0.05) is 0 Å². The molecular weight excluding hydrogens is 348 g/mol. The number of aromatic nitrogens is 2. The number of nitrogens with one attached hydrogen (secondary N) is 2. The van der Waals surface area contributed by atoms with Crippen LogP contribution in [0.4, 0.5) is 0 Å². The largest absolute Gasteiger partial charge is 0.493 e. The van der Waals surface area contributed by atoms with Crippen LogP contribution in [0, 0.1) is 5.92 Å². The first-order valence-corrected chi connectivity index (χ1v) is 8.83. The van der Waals surface area contributed by atoms with Crippen LogP contribution >= 0.6 is 0 Å². The number of methoxy groups -OCH3 is 3. The molecule has 8 heteroatoms. The fourth-order valence-electron chi connectivity index (χ4n) is 3.49. The summed E-state index contributed by atoms with van der Waals surface area (Å²) in [6, 6.07) is 3.68. The minimum atomic E-state index is -0.128. The quantitative estimate of drug-likeness (QED) is 0.754. The summed E-state index contributed by atoms with van der Waals surface area (Å²) in [5, 5.41) is 10.6. The molecule has 1 aliphatic heterocycles. The van der Waals surface area contributed by atoms with E-state index in [4.69, 9.17) is 14.2 Å². The van der Waals surface area contributed by atoms with Gasteiger partial charge in [-0.3, -0.25) is 9.48 Å². The third-order valence-corrected chi connectivity index (χ3v) is 4.90. The predicted molar refractivity (Wildman–Crippen MR) is 100 cm³/mol. The van der Waals surface area contributed by atoms with Crippen molar-refractivity contribution in [1.29, 1.82) is 0 Å². The highest BCUT2D eigenvalue weighted by atomic mass is 16.5. The molecule has 1 amide bonds. The van der Waals surface area contributed by atoms with E-state index in [0.717, 1.165) is 17.7 Å². The minimum absolute atomic E-state index is 0.0163. The second-order valence-corrected chi connectivity index (χ2v) is 6.57. The zero-order valence-corrected chi connectivity index (χ0v) is 16.1. The summed E-state index contributed by atoms with van der Waals surface area (Å²) in [7, 11) is 6.59. The van der Waals surface area contributed by atoms with Crippen LogP contribution in [-0.4, -0.2) is 50.1 Å². The SMILES string of the molecule is COc1cc(CNC(=O)[C@H]2CNC[C@@H]2c2cnn(C)c2)cc(OC)c1OC. The van der Waals surface area contributed by atoms with Gasteiger partial charge in [-0.25, -0.2) is 0 Å². The van der Waals surface area contributed by atoms with Crippen LogP contribution in [0.1, 0.15) is 17.0 Å². The molecule has 8 nitrogen and oxygen atoms in total. The minimum Gasteiger partial charge on any atom is -0.493 e. The molecule has 3 rings (SSSR count). The number of rotatable bonds is 7. The summed E-state index contributed by atoms with van der Waals surface area (Å²) in [5.41, 5.74) is 1.96. The molecule has 0 saturated carbocycles. The van der Waals surface area contributed by atoms with E-state index in [2.05, 4.69) is 15.7 Å². The van der Waals surface area contributed by atoms with Crippen molar-refractivity contribution in [3.05, 3.63) is 35.7 Å². The third-order valence-electron chi connectivity index (χ3n) is 4.90.